The normalized spacial score (nSPS) is 19.2. The molecule has 3 N–H and O–H groups in total. The average Bonchev–Trinajstić information content (AvgIpc) is 2.29. The van der Waals surface area contributed by atoms with Crippen LogP contribution in [0.1, 0.15) is 34.0 Å². The highest BCUT2D eigenvalue weighted by atomic mass is 16.5. The van der Waals surface area contributed by atoms with Crippen LogP contribution in [-0.4, -0.2) is 24.2 Å². The zero-order valence-electron chi connectivity index (χ0n) is 8.98. The van der Waals surface area contributed by atoms with Gasteiger partial charge in [0.05, 0.1) is 12.7 Å². The van der Waals surface area contributed by atoms with Crippen molar-refractivity contribution < 1.29 is 14.6 Å². The summed E-state index contributed by atoms with van der Waals surface area (Å²) in [5, 5.41) is 8.93. The molecule has 1 aliphatic rings. The van der Waals surface area contributed by atoms with Gasteiger partial charge in [0, 0.05) is 18.6 Å². The summed E-state index contributed by atoms with van der Waals surface area (Å²) in [6.45, 7) is 0.724. The lowest BCUT2D eigenvalue weighted by molar-refractivity contribution is 0.0253. The molecule has 0 bridgehead atoms. The largest absolute Gasteiger partial charge is 0.396 e. The van der Waals surface area contributed by atoms with Gasteiger partial charge in [0.2, 0.25) is 5.91 Å². The van der Waals surface area contributed by atoms with Crippen LogP contribution in [0, 0.1) is 0 Å². The molecule has 0 saturated heterocycles. The smallest absolute Gasteiger partial charge is 0.248 e. The molecule has 16 heavy (non-hydrogen) atoms. The molecule has 4 nitrogen and oxygen atoms in total. The zero-order chi connectivity index (χ0) is 11.5. The van der Waals surface area contributed by atoms with Crippen molar-refractivity contribution >= 4 is 5.91 Å². The van der Waals surface area contributed by atoms with E-state index in [1.807, 2.05) is 12.1 Å². The van der Waals surface area contributed by atoms with E-state index in [4.69, 9.17) is 15.6 Å². The molecule has 0 fully saturated rings. The van der Waals surface area contributed by atoms with Crippen LogP contribution in [0.15, 0.2) is 18.2 Å². The first-order chi connectivity index (χ1) is 7.72. The Bertz CT molecular complexity index is 403. The Labute approximate surface area is 94.0 Å². The number of benzene rings is 1. The molecule has 86 valence electrons. The summed E-state index contributed by atoms with van der Waals surface area (Å²) in [5.41, 5.74) is 7.92. The molecule has 0 spiro atoms. The SMILES string of the molecule is NC(=O)c1ccc2c(c1)CCOC2CCO. The molecule has 1 atom stereocenters. The summed E-state index contributed by atoms with van der Waals surface area (Å²) < 4.78 is 5.57. The van der Waals surface area contributed by atoms with Crippen molar-refractivity contribution in [2.75, 3.05) is 13.2 Å². The molecule has 1 aromatic carbocycles. The number of nitrogens with two attached hydrogens (primary N) is 1. The predicted molar refractivity (Wildman–Crippen MR) is 59.1 cm³/mol. The Hall–Kier alpha value is -1.39. The van der Waals surface area contributed by atoms with Crippen molar-refractivity contribution in [1.29, 1.82) is 0 Å². The van der Waals surface area contributed by atoms with E-state index in [-0.39, 0.29) is 12.7 Å². The lowest BCUT2D eigenvalue weighted by Gasteiger charge is -2.25. The van der Waals surface area contributed by atoms with Crippen molar-refractivity contribution in [3.05, 3.63) is 34.9 Å². The number of rotatable bonds is 3. The molecule has 0 aliphatic carbocycles. The van der Waals surface area contributed by atoms with Crippen molar-refractivity contribution in [3.63, 3.8) is 0 Å². The van der Waals surface area contributed by atoms with E-state index in [9.17, 15) is 4.79 Å². The standard InChI is InChI=1S/C12H15NO3/c13-12(15)9-1-2-10-8(7-9)4-6-16-11(10)3-5-14/h1-2,7,11,14H,3-6H2,(H2,13,15). The van der Waals surface area contributed by atoms with Gasteiger partial charge in [0.15, 0.2) is 0 Å². The first-order valence-corrected chi connectivity index (χ1v) is 5.37. The van der Waals surface area contributed by atoms with Gasteiger partial charge in [0.25, 0.3) is 0 Å². The van der Waals surface area contributed by atoms with Crippen molar-refractivity contribution in [2.45, 2.75) is 18.9 Å². The minimum absolute atomic E-state index is 0.0596. The second-order valence-electron chi connectivity index (χ2n) is 3.90. The Morgan fingerprint density at radius 3 is 3.06 bits per heavy atom. The number of carbonyl (C=O) groups is 1. The zero-order valence-corrected chi connectivity index (χ0v) is 8.98. The van der Waals surface area contributed by atoms with Gasteiger partial charge in [-0.3, -0.25) is 4.79 Å². The van der Waals surface area contributed by atoms with Crippen molar-refractivity contribution in [1.82, 2.24) is 0 Å². The Morgan fingerprint density at radius 1 is 1.56 bits per heavy atom. The third-order valence-electron chi connectivity index (χ3n) is 2.86. The second-order valence-corrected chi connectivity index (χ2v) is 3.90. The molecule has 1 amide bonds. The van der Waals surface area contributed by atoms with Crippen LogP contribution in [0.25, 0.3) is 0 Å². The van der Waals surface area contributed by atoms with E-state index in [0.29, 0.717) is 18.6 Å². The fourth-order valence-corrected chi connectivity index (χ4v) is 2.05. The van der Waals surface area contributed by atoms with Gasteiger partial charge in [-0.25, -0.2) is 0 Å². The molecular formula is C12H15NO3. The number of hydrogen-bond acceptors (Lipinski definition) is 3. The topological polar surface area (TPSA) is 72.6 Å². The van der Waals surface area contributed by atoms with Crippen LogP contribution in [0.3, 0.4) is 0 Å². The minimum atomic E-state index is -0.409. The lowest BCUT2D eigenvalue weighted by Crippen LogP contribution is -2.19. The van der Waals surface area contributed by atoms with Crippen LogP contribution in [0.2, 0.25) is 0 Å². The van der Waals surface area contributed by atoms with Crippen LogP contribution >= 0.6 is 0 Å². The molecule has 1 aliphatic heterocycles. The summed E-state index contributed by atoms with van der Waals surface area (Å²) in [6, 6.07) is 5.40. The van der Waals surface area contributed by atoms with Crippen LogP contribution in [0.4, 0.5) is 0 Å². The van der Waals surface area contributed by atoms with Crippen LogP contribution in [-0.2, 0) is 11.2 Å². The van der Waals surface area contributed by atoms with Gasteiger partial charge in [-0.2, -0.15) is 0 Å². The average molecular weight is 221 g/mol. The highest BCUT2D eigenvalue weighted by Gasteiger charge is 2.20. The van der Waals surface area contributed by atoms with E-state index in [0.717, 1.165) is 17.5 Å². The van der Waals surface area contributed by atoms with E-state index in [2.05, 4.69) is 0 Å². The van der Waals surface area contributed by atoms with Crippen LogP contribution < -0.4 is 5.73 Å². The monoisotopic (exact) mass is 221 g/mol. The molecule has 1 aromatic rings. The van der Waals surface area contributed by atoms with Gasteiger partial charge in [-0.05, 0) is 29.7 Å². The quantitative estimate of drug-likeness (QED) is 0.792. The summed E-state index contributed by atoms with van der Waals surface area (Å²) in [5.74, 6) is -0.409. The maximum atomic E-state index is 11.0. The van der Waals surface area contributed by atoms with Gasteiger partial charge in [-0.15, -0.1) is 0 Å². The number of ether oxygens (including phenoxy) is 1. The van der Waals surface area contributed by atoms with E-state index >= 15 is 0 Å². The number of fused-ring (bicyclic) bond motifs is 1. The van der Waals surface area contributed by atoms with Gasteiger partial charge in [-0.1, -0.05) is 6.07 Å². The molecule has 1 unspecified atom stereocenters. The Morgan fingerprint density at radius 2 is 2.38 bits per heavy atom. The maximum absolute atomic E-state index is 11.0. The van der Waals surface area contributed by atoms with E-state index in [1.165, 1.54) is 0 Å². The third kappa shape index (κ3) is 2.08. The number of aliphatic hydroxyl groups is 1. The first kappa shape index (κ1) is 11.1. The van der Waals surface area contributed by atoms with Gasteiger partial charge in [0.1, 0.15) is 0 Å². The molecule has 2 rings (SSSR count). The fourth-order valence-electron chi connectivity index (χ4n) is 2.05. The highest BCUT2D eigenvalue weighted by molar-refractivity contribution is 5.93. The first-order valence-electron chi connectivity index (χ1n) is 5.37. The Balaban J connectivity index is 2.32. The third-order valence-corrected chi connectivity index (χ3v) is 2.86. The minimum Gasteiger partial charge on any atom is -0.396 e. The molecular weight excluding hydrogens is 206 g/mol. The molecule has 0 aromatic heterocycles. The highest BCUT2D eigenvalue weighted by Crippen LogP contribution is 2.29. The van der Waals surface area contributed by atoms with E-state index < -0.39 is 5.91 Å². The van der Waals surface area contributed by atoms with Crippen LogP contribution in [0.5, 0.6) is 0 Å². The van der Waals surface area contributed by atoms with Crippen molar-refractivity contribution in [3.8, 4) is 0 Å². The van der Waals surface area contributed by atoms with Crippen molar-refractivity contribution in [2.24, 2.45) is 5.73 Å². The molecule has 0 radical (unpaired) electrons. The Kier molecular flexibility index (Phi) is 3.22. The lowest BCUT2D eigenvalue weighted by atomic mass is 9.94. The number of carbonyl (C=O) groups excluding carboxylic acids is 1. The van der Waals surface area contributed by atoms with Gasteiger partial charge >= 0.3 is 0 Å². The maximum Gasteiger partial charge on any atom is 0.248 e. The number of hydrogen-bond donors (Lipinski definition) is 2. The summed E-state index contributed by atoms with van der Waals surface area (Å²) in [6.07, 6.45) is 1.32. The van der Waals surface area contributed by atoms with E-state index in [1.54, 1.807) is 6.07 Å². The fraction of sp³-hybridized carbons (Fsp3) is 0.417. The van der Waals surface area contributed by atoms with Gasteiger partial charge < -0.3 is 15.6 Å². The summed E-state index contributed by atoms with van der Waals surface area (Å²) in [4.78, 5) is 11.0. The second kappa shape index (κ2) is 4.63. The summed E-state index contributed by atoms with van der Waals surface area (Å²) in [7, 11) is 0. The molecule has 0 saturated carbocycles. The summed E-state index contributed by atoms with van der Waals surface area (Å²) >= 11 is 0. The predicted octanol–water partition coefficient (Wildman–Crippen LogP) is 0.782. The molecule has 1 heterocycles. The number of amides is 1. The number of aliphatic hydroxyl groups excluding tert-OH is 1. The molecule has 4 heteroatoms. The number of primary amides is 1.